The molecule has 2 saturated heterocycles. The molecule has 0 saturated carbocycles. The number of aryl methyl sites for hydroxylation is 1. The summed E-state index contributed by atoms with van der Waals surface area (Å²) in [6, 6.07) is 14.5. The number of carbonyl (C=O) groups excluding carboxylic acids is 2. The Kier molecular flexibility index (Phi) is 3.92. The minimum absolute atomic E-state index is 0.140. The predicted molar refractivity (Wildman–Crippen MR) is 97.9 cm³/mol. The Labute approximate surface area is 150 Å². The Morgan fingerprint density at radius 3 is 2.56 bits per heavy atom. The Bertz CT molecular complexity index is 837. The van der Waals surface area contributed by atoms with Gasteiger partial charge in [0.15, 0.2) is 0 Å². The number of nitrogens with zero attached hydrogens (tertiary/aromatic N) is 2. The standard InChI is InChI=1S/C19H18N2O3S/c1-12-4-3-5-14(10-12)20-17(22)16-11-25-18(21(16)19(20)23)13-6-8-15(24-2)9-7-13/h3-10,16,18H,11H2,1-2H3/t16-,18+/m1/s1. The first-order chi connectivity index (χ1) is 12.1. The Balaban J connectivity index is 1.66. The zero-order valence-electron chi connectivity index (χ0n) is 14.0. The monoisotopic (exact) mass is 354 g/mol. The van der Waals surface area contributed by atoms with Gasteiger partial charge in [-0.1, -0.05) is 24.3 Å². The fraction of sp³-hybridized carbons (Fsp3) is 0.263. The Morgan fingerprint density at radius 1 is 1.12 bits per heavy atom. The highest BCUT2D eigenvalue weighted by atomic mass is 32.2. The molecule has 6 heteroatoms. The Hall–Kier alpha value is -2.47. The smallest absolute Gasteiger partial charge is 0.333 e. The summed E-state index contributed by atoms with van der Waals surface area (Å²) in [5, 5.41) is -0.151. The molecule has 0 bridgehead atoms. The van der Waals surface area contributed by atoms with E-state index in [-0.39, 0.29) is 17.3 Å². The van der Waals surface area contributed by atoms with E-state index in [4.69, 9.17) is 4.74 Å². The van der Waals surface area contributed by atoms with E-state index in [0.717, 1.165) is 16.9 Å². The number of carbonyl (C=O) groups is 2. The lowest BCUT2D eigenvalue weighted by Crippen LogP contribution is -2.33. The van der Waals surface area contributed by atoms with Gasteiger partial charge in [-0.3, -0.25) is 9.69 Å². The highest BCUT2D eigenvalue weighted by molar-refractivity contribution is 7.99. The van der Waals surface area contributed by atoms with Gasteiger partial charge in [0.2, 0.25) is 0 Å². The van der Waals surface area contributed by atoms with Crippen molar-refractivity contribution in [3.05, 3.63) is 59.7 Å². The van der Waals surface area contributed by atoms with Crippen molar-refractivity contribution in [3.8, 4) is 5.75 Å². The molecule has 5 nitrogen and oxygen atoms in total. The molecule has 0 unspecified atom stereocenters. The second-order valence-corrected chi connectivity index (χ2v) is 7.29. The first-order valence-corrected chi connectivity index (χ1v) is 9.13. The van der Waals surface area contributed by atoms with Gasteiger partial charge in [0.05, 0.1) is 12.8 Å². The molecule has 25 heavy (non-hydrogen) atoms. The Morgan fingerprint density at radius 2 is 1.88 bits per heavy atom. The second-order valence-electron chi connectivity index (χ2n) is 6.18. The highest BCUT2D eigenvalue weighted by Crippen LogP contribution is 2.46. The summed E-state index contributed by atoms with van der Waals surface area (Å²) in [5.41, 5.74) is 2.66. The molecule has 128 valence electrons. The van der Waals surface area contributed by atoms with Gasteiger partial charge in [0, 0.05) is 5.75 Å². The highest BCUT2D eigenvalue weighted by Gasteiger charge is 2.53. The van der Waals surface area contributed by atoms with E-state index in [9.17, 15) is 9.59 Å². The van der Waals surface area contributed by atoms with Crippen molar-refractivity contribution in [3.63, 3.8) is 0 Å². The lowest BCUT2D eigenvalue weighted by molar-refractivity contribution is -0.119. The van der Waals surface area contributed by atoms with E-state index < -0.39 is 6.04 Å². The van der Waals surface area contributed by atoms with Crippen molar-refractivity contribution in [2.75, 3.05) is 17.8 Å². The molecule has 2 aromatic carbocycles. The number of ether oxygens (including phenoxy) is 1. The molecule has 2 aliphatic rings. The van der Waals surface area contributed by atoms with Crippen molar-refractivity contribution in [2.45, 2.75) is 18.3 Å². The van der Waals surface area contributed by atoms with Crippen LogP contribution in [0, 0.1) is 6.92 Å². The number of rotatable bonds is 3. The summed E-state index contributed by atoms with van der Waals surface area (Å²) >= 11 is 1.63. The van der Waals surface area contributed by atoms with Gasteiger partial charge in [-0.15, -0.1) is 11.8 Å². The number of anilines is 1. The van der Waals surface area contributed by atoms with Crippen LogP contribution in [-0.4, -0.2) is 35.7 Å². The van der Waals surface area contributed by atoms with Gasteiger partial charge in [-0.25, -0.2) is 9.69 Å². The summed E-state index contributed by atoms with van der Waals surface area (Å²) in [6.45, 7) is 1.95. The van der Waals surface area contributed by atoms with Crippen molar-refractivity contribution < 1.29 is 14.3 Å². The van der Waals surface area contributed by atoms with Gasteiger partial charge >= 0.3 is 6.03 Å². The van der Waals surface area contributed by atoms with Crippen LogP contribution in [0.15, 0.2) is 48.5 Å². The normalized spacial score (nSPS) is 22.5. The molecule has 2 aliphatic heterocycles. The lowest BCUT2D eigenvalue weighted by atomic mass is 10.2. The van der Waals surface area contributed by atoms with Gasteiger partial charge in [-0.2, -0.15) is 0 Å². The van der Waals surface area contributed by atoms with Gasteiger partial charge in [-0.05, 0) is 42.3 Å². The van der Waals surface area contributed by atoms with E-state index in [1.807, 2.05) is 49.4 Å². The van der Waals surface area contributed by atoms with Crippen LogP contribution in [0.5, 0.6) is 5.75 Å². The molecule has 2 fully saturated rings. The number of amides is 3. The van der Waals surface area contributed by atoms with E-state index >= 15 is 0 Å². The number of imide groups is 1. The van der Waals surface area contributed by atoms with Crippen LogP contribution in [0.4, 0.5) is 10.5 Å². The van der Waals surface area contributed by atoms with Crippen LogP contribution in [0.25, 0.3) is 0 Å². The molecule has 0 radical (unpaired) electrons. The van der Waals surface area contributed by atoms with E-state index in [2.05, 4.69) is 0 Å². The number of hydrogen-bond donors (Lipinski definition) is 0. The summed E-state index contributed by atoms with van der Waals surface area (Å²) < 4.78 is 5.19. The molecular weight excluding hydrogens is 336 g/mol. The largest absolute Gasteiger partial charge is 0.497 e. The summed E-state index contributed by atoms with van der Waals surface area (Å²) in [5.74, 6) is 1.25. The molecule has 4 rings (SSSR count). The van der Waals surface area contributed by atoms with E-state index in [1.54, 1.807) is 29.8 Å². The molecule has 3 amide bonds. The SMILES string of the molecule is COc1ccc([C@@H]2SC[C@@H]3C(=O)N(c4cccc(C)c4)C(=O)N32)cc1. The van der Waals surface area contributed by atoms with Crippen LogP contribution < -0.4 is 9.64 Å². The van der Waals surface area contributed by atoms with Crippen molar-refractivity contribution >= 4 is 29.4 Å². The molecule has 0 aromatic heterocycles. The lowest BCUT2D eigenvalue weighted by Gasteiger charge is -2.23. The van der Waals surface area contributed by atoms with Crippen LogP contribution in [0.3, 0.4) is 0 Å². The quantitative estimate of drug-likeness (QED) is 0.791. The van der Waals surface area contributed by atoms with Crippen LogP contribution in [0.1, 0.15) is 16.5 Å². The zero-order valence-corrected chi connectivity index (χ0v) is 14.8. The number of fused-ring (bicyclic) bond motifs is 1. The molecule has 2 atom stereocenters. The number of hydrogen-bond acceptors (Lipinski definition) is 4. The van der Waals surface area contributed by atoms with Crippen molar-refractivity contribution in [2.24, 2.45) is 0 Å². The minimum atomic E-state index is -0.398. The maximum absolute atomic E-state index is 13.0. The molecule has 2 aromatic rings. The zero-order chi connectivity index (χ0) is 17.6. The van der Waals surface area contributed by atoms with Gasteiger partial charge in [0.1, 0.15) is 17.2 Å². The minimum Gasteiger partial charge on any atom is -0.497 e. The van der Waals surface area contributed by atoms with E-state index in [0.29, 0.717) is 11.4 Å². The van der Waals surface area contributed by atoms with Gasteiger partial charge < -0.3 is 4.74 Å². The number of urea groups is 1. The molecule has 0 aliphatic carbocycles. The predicted octanol–water partition coefficient (Wildman–Crippen LogP) is 3.59. The maximum atomic E-state index is 13.0. The van der Waals surface area contributed by atoms with Crippen LogP contribution >= 0.6 is 11.8 Å². The summed E-state index contributed by atoms with van der Waals surface area (Å²) in [7, 11) is 1.62. The van der Waals surface area contributed by atoms with Crippen molar-refractivity contribution in [1.29, 1.82) is 0 Å². The third-order valence-corrected chi connectivity index (χ3v) is 5.90. The van der Waals surface area contributed by atoms with Crippen LogP contribution in [0.2, 0.25) is 0 Å². The number of benzene rings is 2. The van der Waals surface area contributed by atoms with Crippen LogP contribution in [-0.2, 0) is 4.79 Å². The summed E-state index contributed by atoms with van der Waals surface area (Å²) in [4.78, 5) is 28.8. The average Bonchev–Trinajstić information content (AvgIpc) is 3.16. The second kappa shape index (κ2) is 6.11. The molecule has 2 heterocycles. The molecular formula is C19H18N2O3S. The number of thioether (sulfide) groups is 1. The first-order valence-electron chi connectivity index (χ1n) is 8.08. The van der Waals surface area contributed by atoms with Crippen molar-refractivity contribution in [1.82, 2.24) is 4.90 Å². The third kappa shape index (κ3) is 2.57. The van der Waals surface area contributed by atoms with Gasteiger partial charge in [0.25, 0.3) is 5.91 Å². The third-order valence-electron chi connectivity index (χ3n) is 4.58. The number of methoxy groups -OCH3 is 1. The first kappa shape index (κ1) is 16.0. The fourth-order valence-corrected chi connectivity index (χ4v) is 4.73. The van der Waals surface area contributed by atoms with E-state index in [1.165, 1.54) is 4.90 Å². The fourth-order valence-electron chi connectivity index (χ4n) is 3.32. The molecule has 0 N–H and O–H groups in total. The average molecular weight is 354 g/mol. The maximum Gasteiger partial charge on any atom is 0.333 e. The summed E-state index contributed by atoms with van der Waals surface area (Å²) in [6.07, 6.45) is 0. The molecule has 0 spiro atoms. The topological polar surface area (TPSA) is 49.9 Å².